The van der Waals surface area contributed by atoms with Crippen LogP contribution in [0.15, 0.2) is 0 Å². The van der Waals surface area contributed by atoms with Crippen molar-refractivity contribution in [2.24, 2.45) is 5.73 Å². The van der Waals surface area contributed by atoms with E-state index in [2.05, 4.69) is 10.5 Å². The van der Waals surface area contributed by atoms with Gasteiger partial charge in [0, 0.05) is 0 Å². The topological polar surface area (TPSA) is 69.4 Å². The molecule has 0 aliphatic heterocycles. The van der Waals surface area contributed by atoms with Gasteiger partial charge in [0.15, 0.2) is 0 Å². The summed E-state index contributed by atoms with van der Waals surface area (Å²) >= 11 is 0. The van der Waals surface area contributed by atoms with Crippen molar-refractivity contribution < 1.29 is 14.3 Å². The fourth-order valence-corrected chi connectivity index (χ4v) is 0.588. The summed E-state index contributed by atoms with van der Waals surface area (Å²) in [6.45, 7) is 2.32. The van der Waals surface area contributed by atoms with Crippen LogP contribution in [0, 0.1) is 0 Å². The van der Waals surface area contributed by atoms with E-state index in [-0.39, 0.29) is 6.61 Å². The molecule has 0 spiro atoms. The zero-order valence-corrected chi connectivity index (χ0v) is 6.63. The van der Waals surface area contributed by atoms with Gasteiger partial charge in [-0.25, -0.2) is 4.79 Å². The third kappa shape index (κ3) is 5.39. The molecule has 64 valence electrons. The second-order valence-corrected chi connectivity index (χ2v) is 2.21. The molecule has 0 heterocycles. The Morgan fingerprint density at radius 2 is 2.00 bits per heavy atom. The Labute approximate surface area is 65.7 Å². The highest BCUT2D eigenvalue weighted by Gasteiger charge is 2.08. The van der Waals surface area contributed by atoms with Gasteiger partial charge < -0.3 is 10.5 Å². The fourth-order valence-electron chi connectivity index (χ4n) is 0.588. The first-order chi connectivity index (χ1) is 5.18. The first-order valence-corrected chi connectivity index (χ1v) is 3.65. The van der Waals surface area contributed by atoms with Crippen molar-refractivity contribution in [2.45, 2.75) is 26.2 Å². The van der Waals surface area contributed by atoms with Gasteiger partial charge in [0.05, 0.1) is 6.61 Å². The lowest BCUT2D eigenvalue weighted by molar-refractivity contribution is -0.153. The molecule has 11 heavy (non-hydrogen) atoms. The molecule has 0 radical (unpaired) electrons. The molecule has 0 aromatic carbocycles. The van der Waals surface area contributed by atoms with Gasteiger partial charge in [-0.1, -0.05) is 19.8 Å². The van der Waals surface area contributed by atoms with Crippen molar-refractivity contribution in [3.63, 3.8) is 0 Å². The van der Waals surface area contributed by atoms with Gasteiger partial charge in [0.25, 0.3) is 0 Å². The summed E-state index contributed by atoms with van der Waals surface area (Å²) in [6.07, 6.45) is 2.83. The number of primary amides is 1. The van der Waals surface area contributed by atoms with Gasteiger partial charge in [-0.15, -0.1) is 0 Å². The van der Waals surface area contributed by atoms with E-state index >= 15 is 0 Å². The molecule has 0 aromatic rings. The quantitative estimate of drug-likeness (QED) is 0.362. The van der Waals surface area contributed by atoms with E-state index in [9.17, 15) is 9.59 Å². The predicted octanol–water partition coefficient (Wildman–Crippen LogP) is 0.205. The first-order valence-electron chi connectivity index (χ1n) is 3.65. The molecule has 0 aromatic heterocycles. The summed E-state index contributed by atoms with van der Waals surface area (Å²) < 4.78 is 4.49. The standard InChI is InChI=1S/C7H13NO3/c1-2-3-4-5-11-7(10)6(8)9/h2-5H2,1H3,(H2,8,9). The lowest BCUT2D eigenvalue weighted by atomic mass is 10.3. The number of hydrogen-bond donors (Lipinski definition) is 1. The molecular formula is C7H13NO3. The Morgan fingerprint density at radius 1 is 1.36 bits per heavy atom. The first kappa shape index (κ1) is 9.94. The van der Waals surface area contributed by atoms with Gasteiger partial charge in [0.2, 0.25) is 0 Å². The number of ether oxygens (including phenoxy) is 1. The van der Waals surface area contributed by atoms with Gasteiger partial charge in [-0.05, 0) is 6.42 Å². The average molecular weight is 159 g/mol. The number of rotatable bonds is 4. The van der Waals surface area contributed by atoms with Crippen LogP contribution in [0.25, 0.3) is 0 Å². The molecule has 0 saturated heterocycles. The molecule has 2 N–H and O–H groups in total. The molecule has 0 fully saturated rings. The molecule has 0 atom stereocenters. The Hall–Kier alpha value is -1.06. The van der Waals surface area contributed by atoms with Crippen molar-refractivity contribution in [3.8, 4) is 0 Å². The molecule has 0 aliphatic carbocycles. The third-order valence-electron chi connectivity index (χ3n) is 1.18. The lowest BCUT2D eigenvalue weighted by Crippen LogP contribution is -2.25. The van der Waals surface area contributed by atoms with Crippen molar-refractivity contribution in [1.82, 2.24) is 0 Å². The number of carbonyl (C=O) groups is 2. The Morgan fingerprint density at radius 3 is 2.45 bits per heavy atom. The van der Waals surface area contributed by atoms with E-state index in [0.29, 0.717) is 0 Å². The second-order valence-electron chi connectivity index (χ2n) is 2.21. The zero-order valence-electron chi connectivity index (χ0n) is 6.63. The number of hydrogen-bond acceptors (Lipinski definition) is 3. The van der Waals surface area contributed by atoms with Crippen LogP contribution < -0.4 is 5.73 Å². The fraction of sp³-hybridized carbons (Fsp3) is 0.714. The number of carbonyl (C=O) groups excluding carboxylic acids is 2. The van der Waals surface area contributed by atoms with Crippen molar-refractivity contribution in [1.29, 1.82) is 0 Å². The van der Waals surface area contributed by atoms with Crippen molar-refractivity contribution in [2.75, 3.05) is 6.61 Å². The van der Waals surface area contributed by atoms with E-state index in [1.807, 2.05) is 6.92 Å². The Balaban J connectivity index is 3.25. The monoisotopic (exact) mass is 159 g/mol. The minimum absolute atomic E-state index is 0.287. The number of amides is 1. The highest BCUT2D eigenvalue weighted by Crippen LogP contribution is 1.93. The molecule has 4 heteroatoms. The average Bonchev–Trinajstić information content (AvgIpc) is 1.97. The minimum atomic E-state index is -1.03. The van der Waals surface area contributed by atoms with Gasteiger partial charge >= 0.3 is 11.9 Å². The van der Waals surface area contributed by atoms with Crippen molar-refractivity contribution >= 4 is 11.9 Å². The van der Waals surface area contributed by atoms with Crippen LogP contribution in [0.3, 0.4) is 0 Å². The molecule has 0 rings (SSSR count). The summed E-state index contributed by atoms with van der Waals surface area (Å²) in [6, 6.07) is 0. The van der Waals surface area contributed by atoms with Crippen LogP contribution in [0.1, 0.15) is 26.2 Å². The Bertz CT molecular complexity index is 145. The van der Waals surface area contributed by atoms with Crippen LogP contribution in [-0.4, -0.2) is 18.5 Å². The molecule has 0 aliphatic rings. The Kier molecular flexibility index (Phi) is 5.15. The minimum Gasteiger partial charge on any atom is -0.459 e. The summed E-state index contributed by atoms with van der Waals surface area (Å²) in [5.41, 5.74) is 4.64. The summed E-state index contributed by atoms with van der Waals surface area (Å²) in [7, 11) is 0. The number of unbranched alkanes of at least 4 members (excludes halogenated alkanes) is 2. The highest BCUT2D eigenvalue weighted by molar-refractivity contribution is 6.31. The van der Waals surface area contributed by atoms with Crippen LogP contribution in [0.4, 0.5) is 0 Å². The SMILES string of the molecule is CCCCCOC(=O)C(N)=O. The van der Waals surface area contributed by atoms with Gasteiger partial charge in [-0.2, -0.15) is 0 Å². The summed E-state index contributed by atoms with van der Waals surface area (Å²) in [4.78, 5) is 20.5. The van der Waals surface area contributed by atoms with Crippen LogP contribution in [0.2, 0.25) is 0 Å². The van der Waals surface area contributed by atoms with Crippen LogP contribution in [0.5, 0.6) is 0 Å². The van der Waals surface area contributed by atoms with E-state index < -0.39 is 11.9 Å². The number of nitrogens with two attached hydrogens (primary N) is 1. The second kappa shape index (κ2) is 5.70. The van der Waals surface area contributed by atoms with E-state index in [4.69, 9.17) is 0 Å². The summed E-state index contributed by atoms with van der Waals surface area (Å²) in [5, 5.41) is 0. The molecule has 1 amide bonds. The number of esters is 1. The maximum atomic E-state index is 10.4. The van der Waals surface area contributed by atoms with Crippen LogP contribution in [-0.2, 0) is 14.3 Å². The molecule has 4 nitrogen and oxygen atoms in total. The zero-order chi connectivity index (χ0) is 8.69. The summed E-state index contributed by atoms with van der Waals surface area (Å²) in [5.74, 6) is -1.97. The largest absolute Gasteiger partial charge is 0.459 e. The maximum absolute atomic E-state index is 10.4. The van der Waals surface area contributed by atoms with E-state index in [1.54, 1.807) is 0 Å². The van der Waals surface area contributed by atoms with E-state index in [0.717, 1.165) is 19.3 Å². The van der Waals surface area contributed by atoms with Crippen molar-refractivity contribution in [3.05, 3.63) is 0 Å². The third-order valence-corrected chi connectivity index (χ3v) is 1.18. The lowest BCUT2D eigenvalue weighted by Gasteiger charge is -1.99. The van der Waals surface area contributed by atoms with Gasteiger partial charge in [0.1, 0.15) is 0 Å². The predicted molar refractivity (Wildman–Crippen MR) is 39.7 cm³/mol. The molecular weight excluding hydrogens is 146 g/mol. The van der Waals surface area contributed by atoms with Crippen LogP contribution >= 0.6 is 0 Å². The smallest absolute Gasteiger partial charge is 0.396 e. The molecule has 0 bridgehead atoms. The normalized spacial score (nSPS) is 9.18. The molecule has 0 saturated carbocycles. The highest BCUT2D eigenvalue weighted by atomic mass is 16.5. The molecule has 0 unspecified atom stereocenters. The van der Waals surface area contributed by atoms with Gasteiger partial charge in [-0.3, -0.25) is 4.79 Å². The maximum Gasteiger partial charge on any atom is 0.396 e. The van der Waals surface area contributed by atoms with E-state index in [1.165, 1.54) is 0 Å².